The number of nitro groups is 1. The summed E-state index contributed by atoms with van der Waals surface area (Å²) in [6.07, 6.45) is 3.65. The maximum absolute atomic E-state index is 11.6. The van der Waals surface area contributed by atoms with Crippen molar-refractivity contribution in [3.05, 3.63) is 45.9 Å². The van der Waals surface area contributed by atoms with Crippen LogP contribution in [0.5, 0.6) is 0 Å². The van der Waals surface area contributed by atoms with Crippen molar-refractivity contribution >= 4 is 29.0 Å². The van der Waals surface area contributed by atoms with E-state index in [-0.39, 0.29) is 12.2 Å². The van der Waals surface area contributed by atoms with Crippen molar-refractivity contribution in [1.82, 2.24) is 14.8 Å². The molecule has 19 heavy (non-hydrogen) atoms. The second-order valence-electron chi connectivity index (χ2n) is 3.56. The van der Waals surface area contributed by atoms with Gasteiger partial charge >= 0.3 is 5.69 Å². The highest BCUT2D eigenvalue weighted by molar-refractivity contribution is 6.30. The molecule has 1 amide bonds. The van der Waals surface area contributed by atoms with Crippen molar-refractivity contribution in [2.45, 2.75) is 6.54 Å². The lowest BCUT2D eigenvalue weighted by Gasteiger charge is -2.03. The van der Waals surface area contributed by atoms with E-state index >= 15 is 0 Å². The SMILES string of the molecule is O=C(Cn1cc([N+](=O)[O-])cn1)Nc1ccc(Cl)cn1. The van der Waals surface area contributed by atoms with E-state index in [0.717, 1.165) is 6.20 Å². The Balaban J connectivity index is 1.97. The van der Waals surface area contributed by atoms with Crippen molar-refractivity contribution in [2.75, 3.05) is 5.32 Å². The van der Waals surface area contributed by atoms with Gasteiger partial charge in [-0.15, -0.1) is 0 Å². The third-order valence-corrected chi connectivity index (χ3v) is 2.35. The van der Waals surface area contributed by atoms with E-state index in [9.17, 15) is 14.9 Å². The zero-order chi connectivity index (χ0) is 13.8. The molecule has 8 nitrogen and oxygen atoms in total. The summed E-state index contributed by atoms with van der Waals surface area (Å²) in [5.41, 5.74) is -0.169. The lowest BCUT2D eigenvalue weighted by atomic mass is 10.4. The van der Waals surface area contributed by atoms with Gasteiger partial charge in [0.25, 0.3) is 0 Å². The van der Waals surface area contributed by atoms with Gasteiger partial charge < -0.3 is 5.32 Å². The highest BCUT2D eigenvalue weighted by atomic mass is 35.5. The Labute approximate surface area is 112 Å². The molecule has 0 radical (unpaired) electrons. The maximum atomic E-state index is 11.6. The molecule has 0 aliphatic rings. The largest absolute Gasteiger partial charge is 0.309 e. The molecule has 0 saturated carbocycles. The fourth-order valence-corrected chi connectivity index (χ4v) is 1.42. The Kier molecular flexibility index (Phi) is 3.71. The quantitative estimate of drug-likeness (QED) is 0.675. The summed E-state index contributed by atoms with van der Waals surface area (Å²) < 4.78 is 1.17. The number of anilines is 1. The van der Waals surface area contributed by atoms with Gasteiger partial charge in [0.1, 0.15) is 24.8 Å². The molecule has 2 heterocycles. The summed E-state index contributed by atoms with van der Waals surface area (Å²) in [6, 6.07) is 3.13. The van der Waals surface area contributed by atoms with Crippen LogP contribution < -0.4 is 5.32 Å². The second kappa shape index (κ2) is 5.44. The summed E-state index contributed by atoms with van der Waals surface area (Å²) in [5.74, 6) is -0.0520. The predicted octanol–water partition coefficient (Wildman–Crippen LogP) is 1.48. The molecule has 1 N–H and O–H groups in total. The molecule has 0 saturated heterocycles. The molecule has 0 unspecified atom stereocenters. The molecular formula is C10H8ClN5O3. The van der Waals surface area contributed by atoms with Crippen molar-refractivity contribution in [3.63, 3.8) is 0 Å². The van der Waals surface area contributed by atoms with E-state index in [0.29, 0.717) is 10.8 Å². The molecule has 0 aromatic carbocycles. The van der Waals surface area contributed by atoms with Crippen LogP contribution >= 0.6 is 11.6 Å². The van der Waals surface area contributed by atoms with Gasteiger partial charge in [-0.2, -0.15) is 5.10 Å². The molecule has 0 spiro atoms. The number of nitrogens with zero attached hydrogens (tertiary/aromatic N) is 4. The molecule has 0 fully saturated rings. The van der Waals surface area contributed by atoms with Gasteiger partial charge in [-0.3, -0.25) is 19.6 Å². The fourth-order valence-electron chi connectivity index (χ4n) is 1.31. The van der Waals surface area contributed by atoms with Crippen LogP contribution in [0, 0.1) is 10.1 Å². The molecule has 2 rings (SSSR count). The smallest absolute Gasteiger partial charge is 0.307 e. The first-order valence-electron chi connectivity index (χ1n) is 5.13. The Morgan fingerprint density at radius 2 is 2.26 bits per heavy atom. The first-order chi connectivity index (χ1) is 9.04. The number of hydrogen-bond acceptors (Lipinski definition) is 5. The normalized spacial score (nSPS) is 10.2. The molecule has 0 bridgehead atoms. The van der Waals surface area contributed by atoms with Crippen LogP contribution in [0.3, 0.4) is 0 Å². The Morgan fingerprint density at radius 1 is 1.47 bits per heavy atom. The number of pyridine rings is 1. The van der Waals surface area contributed by atoms with Crippen LogP contribution in [0.2, 0.25) is 5.02 Å². The van der Waals surface area contributed by atoms with Gasteiger partial charge in [0, 0.05) is 6.20 Å². The summed E-state index contributed by atoms with van der Waals surface area (Å²) in [5, 5.41) is 17.1. The molecule has 9 heteroatoms. The van der Waals surface area contributed by atoms with E-state index in [1.54, 1.807) is 12.1 Å². The van der Waals surface area contributed by atoms with Crippen molar-refractivity contribution in [3.8, 4) is 0 Å². The Bertz CT molecular complexity index is 610. The fraction of sp³-hybridized carbons (Fsp3) is 0.100. The lowest BCUT2D eigenvalue weighted by molar-refractivity contribution is -0.385. The minimum Gasteiger partial charge on any atom is -0.309 e. The number of amides is 1. The molecule has 0 atom stereocenters. The van der Waals surface area contributed by atoms with Crippen molar-refractivity contribution in [2.24, 2.45) is 0 Å². The monoisotopic (exact) mass is 281 g/mol. The summed E-state index contributed by atoms with van der Waals surface area (Å²) in [7, 11) is 0. The maximum Gasteiger partial charge on any atom is 0.307 e. The summed E-state index contributed by atoms with van der Waals surface area (Å²) in [4.78, 5) is 25.4. The summed E-state index contributed by atoms with van der Waals surface area (Å²) in [6.45, 7) is -0.141. The first-order valence-corrected chi connectivity index (χ1v) is 5.50. The van der Waals surface area contributed by atoms with Gasteiger partial charge in [-0.05, 0) is 12.1 Å². The zero-order valence-electron chi connectivity index (χ0n) is 9.49. The molecule has 0 aliphatic heterocycles. The average molecular weight is 282 g/mol. The van der Waals surface area contributed by atoms with E-state index in [1.807, 2.05) is 0 Å². The number of carbonyl (C=O) groups excluding carboxylic acids is 1. The standard InChI is InChI=1S/C10H8ClN5O3/c11-7-1-2-9(12-3-7)14-10(17)6-15-5-8(4-13-15)16(18)19/h1-5H,6H2,(H,12,14,17). The zero-order valence-corrected chi connectivity index (χ0v) is 10.2. The van der Waals surface area contributed by atoms with Gasteiger partial charge in [0.15, 0.2) is 0 Å². The van der Waals surface area contributed by atoms with Crippen LogP contribution in [0.15, 0.2) is 30.7 Å². The molecule has 2 aromatic rings. The molecule has 0 aliphatic carbocycles. The van der Waals surface area contributed by atoms with Crippen LogP contribution in [-0.4, -0.2) is 25.6 Å². The highest BCUT2D eigenvalue weighted by Crippen LogP contribution is 2.10. The molecular weight excluding hydrogens is 274 g/mol. The first kappa shape index (κ1) is 13.0. The van der Waals surface area contributed by atoms with E-state index < -0.39 is 10.8 Å². The van der Waals surface area contributed by atoms with E-state index in [4.69, 9.17) is 11.6 Å². The number of aromatic nitrogens is 3. The van der Waals surface area contributed by atoms with Crippen molar-refractivity contribution in [1.29, 1.82) is 0 Å². The van der Waals surface area contributed by atoms with Gasteiger partial charge in [0.05, 0.1) is 9.95 Å². The Hall–Kier alpha value is -2.48. The minimum atomic E-state index is -0.581. The second-order valence-corrected chi connectivity index (χ2v) is 4.00. The number of rotatable bonds is 4. The lowest BCUT2D eigenvalue weighted by Crippen LogP contribution is -2.19. The summed E-state index contributed by atoms with van der Waals surface area (Å²) >= 11 is 5.66. The van der Waals surface area contributed by atoms with Crippen molar-refractivity contribution < 1.29 is 9.72 Å². The van der Waals surface area contributed by atoms with Crippen LogP contribution in [0.4, 0.5) is 11.5 Å². The number of nitrogens with one attached hydrogen (secondary N) is 1. The topological polar surface area (TPSA) is 103 Å². The van der Waals surface area contributed by atoms with E-state index in [1.165, 1.54) is 17.1 Å². The average Bonchev–Trinajstić information content (AvgIpc) is 2.80. The third kappa shape index (κ3) is 3.49. The number of hydrogen-bond donors (Lipinski definition) is 1. The van der Waals surface area contributed by atoms with E-state index in [2.05, 4.69) is 15.4 Å². The number of carbonyl (C=O) groups is 1. The highest BCUT2D eigenvalue weighted by Gasteiger charge is 2.11. The van der Waals surface area contributed by atoms with Gasteiger partial charge in [-0.1, -0.05) is 11.6 Å². The minimum absolute atomic E-state index is 0.141. The predicted molar refractivity (Wildman–Crippen MR) is 66.8 cm³/mol. The van der Waals surface area contributed by atoms with Gasteiger partial charge in [0.2, 0.25) is 5.91 Å². The Morgan fingerprint density at radius 3 is 2.84 bits per heavy atom. The third-order valence-electron chi connectivity index (χ3n) is 2.13. The van der Waals surface area contributed by atoms with Crippen LogP contribution in [-0.2, 0) is 11.3 Å². The molecule has 98 valence electrons. The van der Waals surface area contributed by atoms with Gasteiger partial charge in [-0.25, -0.2) is 4.98 Å². The van der Waals surface area contributed by atoms with Crippen LogP contribution in [0.1, 0.15) is 0 Å². The van der Waals surface area contributed by atoms with Crippen LogP contribution in [0.25, 0.3) is 0 Å². The molecule has 2 aromatic heterocycles. The number of halogens is 1.